The van der Waals surface area contributed by atoms with Gasteiger partial charge in [0, 0.05) is 41.1 Å². The van der Waals surface area contributed by atoms with Crippen LogP contribution in [0.4, 0.5) is 0 Å². The first-order valence-corrected chi connectivity index (χ1v) is 18.5. The molecular weight excluding hydrogens is 680 g/mol. The summed E-state index contributed by atoms with van der Waals surface area (Å²) >= 11 is 0. The molecule has 0 atom stereocenters. The average molecular weight is 708 g/mol. The molecule has 0 bridgehead atoms. The molecule has 7 heteroatoms. The van der Waals surface area contributed by atoms with Gasteiger partial charge in [0.25, 0.3) is 0 Å². The van der Waals surface area contributed by atoms with Crippen LogP contribution in [0.3, 0.4) is 0 Å². The van der Waals surface area contributed by atoms with Gasteiger partial charge in [-0.3, -0.25) is 15.0 Å². The Bertz CT molecular complexity index is 1610. The van der Waals surface area contributed by atoms with Gasteiger partial charge in [-0.15, -0.1) is 34.6 Å². The number of hydrogen-bond acceptors (Lipinski definition) is 3. The molecule has 2 aromatic carbocycles. The molecule has 190 valence electrons. The van der Waals surface area contributed by atoms with Crippen molar-refractivity contribution in [2.75, 3.05) is 0 Å². The Kier molecular flexibility index (Phi) is 7.07. The van der Waals surface area contributed by atoms with E-state index >= 15 is 0 Å². The van der Waals surface area contributed by atoms with E-state index in [0.29, 0.717) is 0 Å². The van der Waals surface area contributed by atoms with Gasteiger partial charge in [0.05, 0.1) is 0 Å². The molecule has 6 rings (SSSR count). The van der Waals surface area contributed by atoms with Crippen molar-refractivity contribution in [3.8, 4) is 5.69 Å². The number of hydrogen-bond donors (Lipinski definition) is 0. The molecule has 6 aromatic rings. The molecule has 0 radical (unpaired) electrons. The molecular formula is C31H28N4PtSi2. The van der Waals surface area contributed by atoms with E-state index in [0.717, 1.165) is 38.1 Å². The van der Waals surface area contributed by atoms with Crippen LogP contribution in [0.15, 0.2) is 97.6 Å². The van der Waals surface area contributed by atoms with E-state index in [9.17, 15) is 0 Å². The molecule has 4 nitrogen and oxygen atoms in total. The first-order valence-electron chi connectivity index (χ1n) is 12.5. The van der Waals surface area contributed by atoms with Crippen molar-refractivity contribution < 1.29 is 21.1 Å². The first-order chi connectivity index (χ1) is 17.9. The minimum Gasteiger partial charge on any atom is -0.409 e. The number of aromatic nitrogens is 4. The van der Waals surface area contributed by atoms with Crippen LogP contribution in [0.25, 0.3) is 27.5 Å². The summed E-state index contributed by atoms with van der Waals surface area (Å²) < 4.78 is 2.30. The Balaban J connectivity index is 0.00000294. The molecule has 4 aromatic heterocycles. The maximum Gasteiger partial charge on any atom is 2.00 e. The van der Waals surface area contributed by atoms with Crippen LogP contribution in [0.2, 0.25) is 26.2 Å². The summed E-state index contributed by atoms with van der Waals surface area (Å²) in [6, 6.07) is 33.2. The molecule has 0 N–H and O–H groups in total. The Labute approximate surface area is 240 Å². The van der Waals surface area contributed by atoms with Crippen LogP contribution in [0, 0.1) is 12.1 Å². The molecule has 0 aliphatic heterocycles. The van der Waals surface area contributed by atoms with Gasteiger partial charge in [-0.1, -0.05) is 49.4 Å². The Morgan fingerprint density at radius 1 is 0.579 bits per heavy atom. The van der Waals surface area contributed by atoms with E-state index in [1.165, 1.54) is 10.4 Å². The Hall–Kier alpha value is -3.19. The maximum atomic E-state index is 4.72. The predicted molar refractivity (Wildman–Crippen MR) is 158 cm³/mol. The zero-order valence-electron chi connectivity index (χ0n) is 21.8. The fourth-order valence-corrected chi connectivity index (χ4v) is 9.34. The summed E-state index contributed by atoms with van der Waals surface area (Å²) in [6.45, 7) is 9.39. The van der Waals surface area contributed by atoms with Gasteiger partial charge in [0.2, 0.25) is 0 Å². The monoisotopic (exact) mass is 707 g/mol. The fraction of sp³-hybridized carbons (Fsp3) is 0.129. The summed E-state index contributed by atoms with van der Waals surface area (Å²) in [6.07, 6.45) is 7.47. The number of nitrogens with zero attached hydrogens (tertiary/aromatic N) is 4. The standard InChI is InChI=1S/C31H28N4Si2.Pt/c1-36(2,30-9-5-7-17-33-30)24-11-13-28-26(21-24)27-22-25(37(3,4)31-10-6-8-18-34-31)12-14-29(27)35(28)23-15-19-32-20-16-23;/h5-20H,1-4H3;/q-2;+2. The van der Waals surface area contributed by atoms with Gasteiger partial charge in [0.1, 0.15) is 16.1 Å². The van der Waals surface area contributed by atoms with Gasteiger partial charge in [-0.2, -0.15) is 12.1 Å². The fourth-order valence-electron chi connectivity index (χ4n) is 5.10. The van der Waals surface area contributed by atoms with Crippen molar-refractivity contribution in [3.63, 3.8) is 0 Å². The zero-order valence-corrected chi connectivity index (χ0v) is 26.1. The summed E-state index contributed by atoms with van der Waals surface area (Å²) in [5, 5.41) is 7.02. The third-order valence-corrected chi connectivity index (χ3v) is 13.9. The molecule has 4 heterocycles. The maximum absolute atomic E-state index is 4.72. The van der Waals surface area contributed by atoms with E-state index in [1.807, 2.05) is 36.9 Å². The molecule has 0 saturated carbocycles. The third-order valence-electron chi connectivity index (χ3n) is 7.46. The van der Waals surface area contributed by atoms with Crippen LogP contribution < -0.4 is 21.0 Å². The predicted octanol–water partition coefficient (Wildman–Crippen LogP) is 4.21. The molecule has 0 aliphatic rings. The molecule has 0 fully saturated rings. The topological polar surface area (TPSA) is 43.6 Å². The van der Waals surface area contributed by atoms with E-state index in [4.69, 9.17) is 9.97 Å². The number of pyridine rings is 3. The van der Waals surface area contributed by atoms with Crippen molar-refractivity contribution >= 4 is 59.0 Å². The smallest absolute Gasteiger partial charge is 0.409 e. The summed E-state index contributed by atoms with van der Waals surface area (Å²) in [5.74, 6) is 0. The molecule has 0 spiro atoms. The van der Waals surface area contributed by atoms with Crippen molar-refractivity contribution in [2.45, 2.75) is 26.2 Å². The van der Waals surface area contributed by atoms with E-state index in [1.54, 1.807) is 0 Å². The SMILES string of the molecule is C[Si](C)(c1[c-]c2c3[c-]c([Si](C)(C)c4ccccn4)ccc3n(-c3ccncc3)c2cc1)c1ccccn1.[Pt+2]. The Morgan fingerprint density at radius 2 is 1.05 bits per heavy atom. The second kappa shape index (κ2) is 10.2. The molecule has 38 heavy (non-hydrogen) atoms. The van der Waals surface area contributed by atoms with Crippen LogP contribution >= 0.6 is 0 Å². The van der Waals surface area contributed by atoms with E-state index in [2.05, 4.69) is 109 Å². The first kappa shape index (κ1) is 26.4. The van der Waals surface area contributed by atoms with Crippen LogP contribution in [-0.2, 0) is 21.1 Å². The molecule has 0 amide bonds. The summed E-state index contributed by atoms with van der Waals surface area (Å²) in [7, 11) is -4.07. The Morgan fingerprint density at radius 3 is 1.47 bits per heavy atom. The number of fused-ring (bicyclic) bond motifs is 3. The van der Waals surface area contributed by atoms with Crippen molar-refractivity contribution in [1.29, 1.82) is 0 Å². The van der Waals surface area contributed by atoms with E-state index in [-0.39, 0.29) is 21.1 Å². The minimum atomic E-state index is -2.03. The summed E-state index contributed by atoms with van der Waals surface area (Å²) in [4.78, 5) is 13.7. The normalized spacial score (nSPS) is 12.0. The van der Waals surface area contributed by atoms with Gasteiger partial charge >= 0.3 is 21.1 Å². The zero-order chi connectivity index (χ0) is 25.6. The van der Waals surface area contributed by atoms with Crippen LogP contribution in [0.1, 0.15) is 0 Å². The number of benzene rings is 2. The number of rotatable bonds is 5. The average Bonchev–Trinajstić information content (AvgIpc) is 3.27. The van der Waals surface area contributed by atoms with Gasteiger partial charge in [0.15, 0.2) is 0 Å². The minimum absolute atomic E-state index is 0. The molecule has 0 unspecified atom stereocenters. The van der Waals surface area contributed by atoms with Crippen molar-refractivity contribution in [2.24, 2.45) is 0 Å². The second-order valence-electron chi connectivity index (χ2n) is 10.5. The third kappa shape index (κ3) is 4.41. The molecule has 0 saturated heterocycles. The second-order valence-corrected chi connectivity index (χ2v) is 19.1. The van der Waals surface area contributed by atoms with Gasteiger partial charge in [-0.05, 0) is 36.4 Å². The van der Waals surface area contributed by atoms with Gasteiger partial charge in [-0.25, -0.2) is 10.8 Å². The quantitative estimate of drug-likeness (QED) is 0.199. The largest absolute Gasteiger partial charge is 2.00 e. The van der Waals surface area contributed by atoms with Crippen molar-refractivity contribution in [1.82, 2.24) is 19.5 Å². The van der Waals surface area contributed by atoms with Crippen LogP contribution in [0.5, 0.6) is 0 Å². The van der Waals surface area contributed by atoms with Crippen LogP contribution in [-0.4, -0.2) is 35.7 Å². The van der Waals surface area contributed by atoms with Crippen molar-refractivity contribution in [3.05, 3.63) is 110 Å². The van der Waals surface area contributed by atoms with E-state index < -0.39 is 16.1 Å². The summed E-state index contributed by atoms with van der Waals surface area (Å²) in [5.41, 5.74) is 3.34. The molecule has 0 aliphatic carbocycles. The van der Waals surface area contributed by atoms with Gasteiger partial charge < -0.3 is 4.57 Å².